The molecule has 0 spiro atoms. The van der Waals surface area contributed by atoms with Crippen LogP contribution < -0.4 is 5.32 Å². The molecule has 1 aliphatic rings. The van der Waals surface area contributed by atoms with Crippen molar-refractivity contribution in [2.45, 2.75) is 45.7 Å². The second kappa shape index (κ2) is 7.82. The molecule has 19 heavy (non-hydrogen) atoms. The van der Waals surface area contributed by atoms with Gasteiger partial charge in [-0.1, -0.05) is 6.92 Å². The van der Waals surface area contributed by atoms with Gasteiger partial charge in [0, 0.05) is 19.1 Å². The molecule has 1 fully saturated rings. The SMILES string of the molecule is CCNC(C)(CCN1CCOCC1C)C(=O)OCC. The lowest BCUT2D eigenvalue weighted by atomic mass is 9.97. The maximum Gasteiger partial charge on any atom is 0.326 e. The molecule has 0 radical (unpaired) electrons. The van der Waals surface area contributed by atoms with E-state index < -0.39 is 5.54 Å². The van der Waals surface area contributed by atoms with E-state index in [1.807, 2.05) is 20.8 Å². The summed E-state index contributed by atoms with van der Waals surface area (Å²) < 4.78 is 10.6. The third-order valence-electron chi connectivity index (χ3n) is 3.70. The molecule has 0 bridgehead atoms. The molecule has 0 amide bonds. The molecule has 5 nitrogen and oxygen atoms in total. The number of carbonyl (C=O) groups is 1. The molecule has 0 aromatic heterocycles. The fraction of sp³-hybridized carbons (Fsp3) is 0.929. The van der Waals surface area contributed by atoms with Crippen molar-refractivity contribution >= 4 is 5.97 Å². The highest BCUT2D eigenvalue weighted by atomic mass is 16.5. The van der Waals surface area contributed by atoms with E-state index in [-0.39, 0.29) is 5.97 Å². The minimum atomic E-state index is -0.594. The predicted molar refractivity (Wildman–Crippen MR) is 75.2 cm³/mol. The summed E-state index contributed by atoms with van der Waals surface area (Å²) in [6.07, 6.45) is 0.754. The fourth-order valence-electron chi connectivity index (χ4n) is 2.40. The average Bonchev–Trinajstić information content (AvgIpc) is 2.38. The zero-order valence-corrected chi connectivity index (χ0v) is 12.7. The van der Waals surface area contributed by atoms with Crippen LogP contribution in [-0.4, -0.2) is 61.9 Å². The van der Waals surface area contributed by atoms with Gasteiger partial charge in [-0.15, -0.1) is 0 Å². The summed E-state index contributed by atoms with van der Waals surface area (Å²) in [7, 11) is 0. The first-order valence-electron chi connectivity index (χ1n) is 7.27. The van der Waals surface area contributed by atoms with Crippen molar-refractivity contribution in [3.05, 3.63) is 0 Å². The number of likely N-dealkylation sites (N-methyl/N-ethyl adjacent to an activating group) is 1. The molecule has 2 atom stereocenters. The van der Waals surface area contributed by atoms with E-state index in [0.29, 0.717) is 12.6 Å². The highest BCUT2D eigenvalue weighted by Gasteiger charge is 2.34. The number of rotatable bonds is 7. The first-order chi connectivity index (χ1) is 9.03. The summed E-state index contributed by atoms with van der Waals surface area (Å²) in [6, 6.07) is 0.418. The normalized spacial score (nSPS) is 23.9. The van der Waals surface area contributed by atoms with Gasteiger partial charge in [0.25, 0.3) is 0 Å². The molecule has 0 aromatic rings. The number of hydrogen-bond donors (Lipinski definition) is 1. The second-order valence-electron chi connectivity index (χ2n) is 5.29. The Morgan fingerprint density at radius 3 is 2.84 bits per heavy atom. The van der Waals surface area contributed by atoms with Crippen molar-refractivity contribution in [3.8, 4) is 0 Å². The quantitative estimate of drug-likeness (QED) is 0.702. The molecule has 1 saturated heterocycles. The van der Waals surface area contributed by atoms with Crippen molar-refractivity contribution in [2.75, 3.05) is 39.5 Å². The van der Waals surface area contributed by atoms with E-state index in [1.54, 1.807) is 0 Å². The number of esters is 1. The minimum absolute atomic E-state index is 0.155. The van der Waals surface area contributed by atoms with E-state index in [4.69, 9.17) is 9.47 Å². The van der Waals surface area contributed by atoms with Gasteiger partial charge in [-0.05, 0) is 33.7 Å². The molecule has 0 saturated carbocycles. The van der Waals surface area contributed by atoms with E-state index in [0.717, 1.165) is 39.3 Å². The fourth-order valence-corrected chi connectivity index (χ4v) is 2.40. The number of carbonyl (C=O) groups excluding carboxylic acids is 1. The summed E-state index contributed by atoms with van der Waals surface area (Å²) in [5.74, 6) is -0.155. The van der Waals surface area contributed by atoms with Crippen LogP contribution in [0.2, 0.25) is 0 Å². The molecule has 112 valence electrons. The van der Waals surface area contributed by atoms with Crippen molar-refractivity contribution in [1.29, 1.82) is 0 Å². The number of hydrogen-bond acceptors (Lipinski definition) is 5. The van der Waals surface area contributed by atoms with Gasteiger partial charge >= 0.3 is 5.97 Å². The number of nitrogens with zero attached hydrogens (tertiary/aromatic N) is 1. The highest BCUT2D eigenvalue weighted by molar-refractivity contribution is 5.80. The maximum atomic E-state index is 12.1. The van der Waals surface area contributed by atoms with Crippen LogP contribution in [-0.2, 0) is 14.3 Å². The molecular formula is C14H28N2O3. The van der Waals surface area contributed by atoms with Crippen molar-refractivity contribution < 1.29 is 14.3 Å². The molecule has 5 heteroatoms. The molecule has 1 heterocycles. The van der Waals surface area contributed by atoms with Crippen molar-refractivity contribution in [2.24, 2.45) is 0 Å². The third-order valence-corrected chi connectivity index (χ3v) is 3.70. The lowest BCUT2D eigenvalue weighted by Gasteiger charge is -2.36. The third kappa shape index (κ3) is 4.75. The van der Waals surface area contributed by atoms with Crippen LogP contribution in [0.4, 0.5) is 0 Å². The van der Waals surface area contributed by atoms with Gasteiger partial charge in [0.15, 0.2) is 0 Å². The smallest absolute Gasteiger partial charge is 0.326 e. The Morgan fingerprint density at radius 1 is 1.53 bits per heavy atom. The summed E-state index contributed by atoms with van der Waals surface area (Å²) in [4.78, 5) is 14.5. The molecule has 1 aliphatic heterocycles. The van der Waals surface area contributed by atoms with Gasteiger partial charge in [-0.3, -0.25) is 9.69 Å². The van der Waals surface area contributed by atoms with Crippen molar-refractivity contribution in [1.82, 2.24) is 10.2 Å². The van der Waals surface area contributed by atoms with Crippen LogP contribution in [0.15, 0.2) is 0 Å². The molecule has 1 N–H and O–H groups in total. The Bertz CT molecular complexity index is 286. The van der Waals surface area contributed by atoms with E-state index in [2.05, 4.69) is 17.1 Å². The lowest BCUT2D eigenvalue weighted by Crippen LogP contribution is -2.54. The van der Waals surface area contributed by atoms with Gasteiger partial charge in [0.1, 0.15) is 5.54 Å². The summed E-state index contributed by atoms with van der Waals surface area (Å²) in [6.45, 7) is 12.5. The molecule has 0 aromatic carbocycles. The first-order valence-corrected chi connectivity index (χ1v) is 7.27. The zero-order valence-electron chi connectivity index (χ0n) is 12.7. The van der Waals surface area contributed by atoms with Crippen molar-refractivity contribution in [3.63, 3.8) is 0 Å². The van der Waals surface area contributed by atoms with Crippen LogP contribution >= 0.6 is 0 Å². The van der Waals surface area contributed by atoms with Gasteiger partial charge in [0.2, 0.25) is 0 Å². The van der Waals surface area contributed by atoms with E-state index in [1.165, 1.54) is 0 Å². The molecule has 0 aliphatic carbocycles. The van der Waals surface area contributed by atoms with Gasteiger partial charge < -0.3 is 14.8 Å². The van der Waals surface area contributed by atoms with Gasteiger partial charge in [-0.25, -0.2) is 0 Å². The summed E-state index contributed by atoms with van der Waals surface area (Å²) >= 11 is 0. The second-order valence-corrected chi connectivity index (χ2v) is 5.29. The Kier molecular flexibility index (Phi) is 6.75. The predicted octanol–water partition coefficient (Wildman–Crippen LogP) is 1.03. The maximum absolute atomic E-state index is 12.1. The summed E-state index contributed by atoms with van der Waals surface area (Å²) in [5.41, 5.74) is -0.594. The highest BCUT2D eigenvalue weighted by Crippen LogP contribution is 2.16. The Labute approximate surface area is 116 Å². The number of nitrogens with one attached hydrogen (secondary N) is 1. The largest absolute Gasteiger partial charge is 0.465 e. The van der Waals surface area contributed by atoms with Crippen LogP contribution in [0.1, 0.15) is 34.1 Å². The van der Waals surface area contributed by atoms with Crippen LogP contribution in [0.5, 0.6) is 0 Å². The molecular weight excluding hydrogens is 244 g/mol. The van der Waals surface area contributed by atoms with Crippen LogP contribution in [0, 0.1) is 0 Å². The van der Waals surface area contributed by atoms with E-state index in [9.17, 15) is 4.79 Å². The average molecular weight is 272 g/mol. The van der Waals surface area contributed by atoms with Gasteiger partial charge in [0.05, 0.1) is 19.8 Å². The summed E-state index contributed by atoms with van der Waals surface area (Å²) in [5, 5.41) is 3.27. The zero-order chi connectivity index (χ0) is 14.3. The van der Waals surface area contributed by atoms with E-state index >= 15 is 0 Å². The van der Waals surface area contributed by atoms with Crippen LogP contribution in [0.3, 0.4) is 0 Å². The molecule has 1 rings (SSSR count). The monoisotopic (exact) mass is 272 g/mol. The van der Waals surface area contributed by atoms with Gasteiger partial charge in [-0.2, -0.15) is 0 Å². The number of ether oxygens (including phenoxy) is 2. The Morgan fingerprint density at radius 2 is 2.26 bits per heavy atom. The lowest BCUT2D eigenvalue weighted by molar-refractivity contribution is -0.151. The first kappa shape index (κ1) is 16.4. The molecule has 2 unspecified atom stereocenters. The number of morpholine rings is 1. The van der Waals surface area contributed by atoms with Crippen LogP contribution in [0.25, 0.3) is 0 Å². The standard InChI is InChI=1S/C14H28N2O3/c1-5-15-14(4,13(17)19-6-2)7-8-16-9-10-18-11-12(16)3/h12,15H,5-11H2,1-4H3. The Hall–Kier alpha value is -0.650. The minimum Gasteiger partial charge on any atom is -0.465 e. The topological polar surface area (TPSA) is 50.8 Å². The Balaban J connectivity index is 2.54.